The first-order valence-corrected chi connectivity index (χ1v) is 9.37. The minimum absolute atomic E-state index is 0.0834. The summed E-state index contributed by atoms with van der Waals surface area (Å²) in [6, 6.07) is 13.7. The highest BCUT2D eigenvalue weighted by Gasteiger charge is 2.20. The van der Waals surface area contributed by atoms with Gasteiger partial charge >= 0.3 is 5.97 Å². The molecule has 31 heavy (non-hydrogen) atoms. The normalized spacial score (nSPS) is 10.4. The van der Waals surface area contributed by atoms with Crippen LogP contribution >= 0.6 is 0 Å². The summed E-state index contributed by atoms with van der Waals surface area (Å²) >= 11 is 0. The molecule has 0 radical (unpaired) electrons. The first kappa shape index (κ1) is 21.8. The highest BCUT2D eigenvalue weighted by molar-refractivity contribution is 5.97. The number of carbonyl (C=O) groups is 1. The van der Waals surface area contributed by atoms with Crippen LogP contribution in [0, 0.1) is 0 Å². The van der Waals surface area contributed by atoms with Crippen molar-refractivity contribution < 1.29 is 33.6 Å². The Kier molecular flexibility index (Phi) is 6.55. The van der Waals surface area contributed by atoms with E-state index in [1.807, 2.05) is 6.07 Å². The standard InChI is InChI=1S/C24H24O7/c1-27-19-8-6-14(12-21(19)29-3)17-10-16(24(26)31-5)11-18(25)23(17)15-7-9-20(28-2)22(13-15)30-4/h6-13,25H,1-5H3. The van der Waals surface area contributed by atoms with Gasteiger partial charge in [-0.25, -0.2) is 4.79 Å². The predicted octanol–water partition coefficient (Wildman–Crippen LogP) is 4.55. The van der Waals surface area contributed by atoms with Crippen LogP contribution < -0.4 is 18.9 Å². The molecule has 162 valence electrons. The number of methoxy groups -OCH3 is 5. The summed E-state index contributed by atoms with van der Waals surface area (Å²) < 4.78 is 26.3. The number of hydrogen-bond donors (Lipinski definition) is 1. The Hall–Kier alpha value is -3.87. The molecule has 3 aromatic carbocycles. The van der Waals surface area contributed by atoms with Crippen LogP contribution in [0.2, 0.25) is 0 Å². The Labute approximate surface area is 180 Å². The van der Waals surface area contributed by atoms with Gasteiger partial charge in [0.15, 0.2) is 23.0 Å². The summed E-state index contributed by atoms with van der Waals surface area (Å²) in [5.74, 6) is 1.50. The molecule has 3 rings (SSSR count). The molecular weight excluding hydrogens is 400 g/mol. The van der Waals surface area contributed by atoms with E-state index >= 15 is 0 Å². The molecule has 0 aliphatic carbocycles. The third kappa shape index (κ3) is 4.21. The summed E-state index contributed by atoms with van der Waals surface area (Å²) in [5, 5.41) is 10.9. The van der Waals surface area contributed by atoms with Gasteiger partial charge in [0.05, 0.1) is 41.1 Å². The van der Waals surface area contributed by atoms with E-state index in [4.69, 9.17) is 23.7 Å². The zero-order valence-corrected chi connectivity index (χ0v) is 18.0. The fourth-order valence-electron chi connectivity index (χ4n) is 3.39. The molecule has 0 unspecified atom stereocenters. The van der Waals surface area contributed by atoms with Gasteiger partial charge in [0.2, 0.25) is 0 Å². The summed E-state index contributed by atoms with van der Waals surface area (Å²) in [6.45, 7) is 0. The van der Waals surface area contributed by atoms with E-state index in [0.29, 0.717) is 45.3 Å². The molecule has 1 N–H and O–H groups in total. The quantitative estimate of drug-likeness (QED) is 0.557. The van der Waals surface area contributed by atoms with Gasteiger partial charge in [-0.2, -0.15) is 0 Å². The van der Waals surface area contributed by atoms with Gasteiger partial charge in [0.25, 0.3) is 0 Å². The monoisotopic (exact) mass is 424 g/mol. The zero-order valence-electron chi connectivity index (χ0n) is 18.0. The Balaban J connectivity index is 2.31. The Bertz CT molecular complexity index is 1110. The van der Waals surface area contributed by atoms with Gasteiger partial charge < -0.3 is 28.8 Å². The maximum Gasteiger partial charge on any atom is 0.338 e. The van der Waals surface area contributed by atoms with Crippen LogP contribution in [0.15, 0.2) is 48.5 Å². The molecule has 3 aromatic rings. The number of benzene rings is 3. The van der Waals surface area contributed by atoms with Crippen molar-refractivity contribution in [3.8, 4) is 51.0 Å². The van der Waals surface area contributed by atoms with Crippen molar-refractivity contribution in [3.63, 3.8) is 0 Å². The fraction of sp³-hybridized carbons (Fsp3) is 0.208. The number of carbonyl (C=O) groups excluding carboxylic acids is 1. The minimum Gasteiger partial charge on any atom is -0.507 e. The molecule has 0 aromatic heterocycles. The van der Waals surface area contributed by atoms with Gasteiger partial charge in [-0.05, 0) is 53.1 Å². The van der Waals surface area contributed by atoms with Crippen LogP contribution in [0.25, 0.3) is 22.3 Å². The average molecular weight is 424 g/mol. The van der Waals surface area contributed by atoms with Gasteiger partial charge in [-0.15, -0.1) is 0 Å². The molecule has 0 fully saturated rings. The first-order chi connectivity index (χ1) is 15.0. The van der Waals surface area contributed by atoms with Crippen molar-refractivity contribution in [2.45, 2.75) is 0 Å². The molecule has 0 spiro atoms. The average Bonchev–Trinajstić information content (AvgIpc) is 2.81. The van der Waals surface area contributed by atoms with Crippen LogP contribution in [0.1, 0.15) is 10.4 Å². The van der Waals surface area contributed by atoms with Crippen molar-refractivity contribution in [3.05, 3.63) is 54.1 Å². The molecule has 0 saturated carbocycles. The second-order valence-electron chi connectivity index (χ2n) is 6.55. The van der Waals surface area contributed by atoms with Crippen molar-refractivity contribution in [2.75, 3.05) is 35.5 Å². The van der Waals surface area contributed by atoms with Crippen molar-refractivity contribution in [1.82, 2.24) is 0 Å². The fourth-order valence-corrected chi connectivity index (χ4v) is 3.39. The van der Waals surface area contributed by atoms with Crippen molar-refractivity contribution in [1.29, 1.82) is 0 Å². The van der Waals surface area contributed by atoms with Gasteiger partial charge in [0, 0.05) is 5.56 Å². The lowest BCUT2D eigenvalue weighted by atomic mass is 9.91. The Morgan fingerprint density at radius 1 is 0.677 bits per heavy atom. The largest absolute Gasteiger partial charge is 0.507 e. The number of hydrogen-bond acceptors (Lipinski definition) is 7. The molecule has 0 aliphatic rings. The lowest BCUT2D eigenvalue weighted by molar-refractivity contribution is 0.0600. The molecule has 0 atom stereocenters. The van der Waals surface area contributed by atoms with Crippen LogP contribution in [0.3, 0.4) is 0 Å². The summed E-state index contributed by atoms with van der Waals surface area (Å²) in [4.78, 5) is 12.2. The molecule has 7 nitrogen and oxygen atoms in total. The van der Waals surface area contributed by atoms with E-state index < -0.39 is 5.97 Å². The maximum absolute atomic E-state index is 12.2. The van der Waals surface area contributed by atoms with Gasteiger partial charge in [-0.3, -0.25) is 0 Å². The van der Waals surface area contributed by atoms with E-state index in [1.165, 1.54) is 20.3 Å². The zero-order chi connectivity index (χ0) is 22.5. The molecular formula is C24H24O7. The number of phenols is 1. The number of aromatic hydroxyl groups is 1. The van der Waals surface area contributed by atoms with Gasteiger partial charge in [-0.1, -0.05) is 12.1 Å². The third-order valence-corrected chi connectivity index (χ3v) is 4.91. The lowest BCUT2D eigenvalue weighted by Gasteiger charge is -2.17. The number of esters is 1. The second kappa shape index (κ2) is 9.30. The van der Waals surface area contributed by atoms with E-state index in [0.717, 1.165) is 0 Å². The summed E-state index contributed by atoms with van der Waals surface area (Å²) in [6.07, 6.45) is 0. The van der Waals surface area contributed by atoms with Crippen LogP contribution in [-0.4, -0.2) is 46.6 Å². The van der Waals surface area contributed by atoms with E-state index in [9.17, 15) is 9.90 Å². The van der Waals surface area contributed by atoms with Crippen LogP contribution in [0.4, 0.5) is 0 Å². The molecule has 0 amide bonds. The summed E-state index contributed by atoms with van der Waals surface area (Å²) in [7, 11) is 7.47. The number of ether oxygens (including phenoxy) is 5. The molecule has 0 saturated heterocycles. The molecule has 0 bridgehead atoms. The number of rotatable bonds is 7. The highest BCUT2D eigenvalue weighted by Crippen LogP contribution is 2.44. The van der Waals surface area contributed by atoms with E-state index in [-0.39, 0.29) is 11.3 Å². The second-order valence-corrected chi connectivity index (χ2v) is 6.55. The molecule has 0 aliphatic heterocycles. The topological polar surface area (TPSA) is 83.5 Å². The Morgan fingerprint density at radius 2 is 1.19 bits per heavy atom. The van der Waals surface area contributed by atoms with Crippen LogP contribution in [-0.2, 0) is 4.74 Å². The van der Waals surface area contributed by atoms with E-state index in [1.54, 1.807) is 57.7 Å². The van der Waals surface area contributed by atoms with Gasteiger partial charge in [0.1, 0.15) is 5.75 Å². The smallest absolute Gasteiger partial charge is 0.338 e. The lowest BCUT2D eigenvalue weighted by Crippen LogP contribution is -2.02. The number of phenolic OH excluding ortho intramolecular Hbond substituents is 1. The Morgan fingerprint density at radius 3 is 1.71 bits per heavy atom. The molecule has 7 heteroatoms. The third-order valence-electron chi connectivity index (χ3n) is 4.91. The molecule has 0 heterocycles. The highest BCUT2D eigenvalue weighted by atomic mass is 16.5. The maximum atomic E-state index is 12.2. The van der Waals surface area contributed by atoms with E-state index in [2.05, 4.69) is 0 Å². The minimum atomic E-state index is -0.559. The summed E-state index contributed by atoms with van der Waals surface area (Å²) in [5.41, 5.74) is 2.73. The SMILES string of the molecule is COC(=O)c1cc(O)c(-c2ccc(OC)c(OC)c2)c(-c2ccc(OC)c(OC)c2)c1. The van der Waals surface area contributed by atoms with Crippen LogP contribution in [0.5, 0.6) is 28.7 Å². The van der Waals surface area contributed by atoms with Crippen molar-refractivity contribution in [2.24, 2.45) is 0 Å². The van der Waals surface area contributed by atoms with Crippen molar-refractivity contribution >= 4 is 5.97 Å². The predicted molar refractivity (Wildman–Crippen MR) is 117 cm³/mol. The first-order valence-electron chi connectivity index (χ1n) is 9.37.